The first-order valence-corrected chi connectivity index (χ1v) is 9.36. The van der Waals surface area contributed by atoms with Crippen LogP contribution in [-0.2, 0) is 19.1 Å². The molecule has 0 saturated heterocycles. The van der Waals surface area contributed by atoms with Crippen LogP contribution in [0.3, 0.4) is 0 Å². The summed E-state index contributed by atoms with van der Waals surface area (Å²) in [5.74, 6) is 2.11. The maximum absolute atomic E-state index is 12.4. The third-order valence-electron chi connectivity index (χ3n) is 6.68. The largest absolute Gasteiger partial charge is 0.456 e. The predicted octanol–water partition coefficient (Wildman–Crippen LogP) is 3.89. The lowest BCUT2D eigenvalue weighted by Crippen LogP contribution is -2.57. The van der Waals surface area contributed by atoms with Gasteiger partial charge in [-0.2, -0.15) is 0 Å². The van der Waals surface area contributed by atoms with Crippen LogP contribution in [0.1, 0.15) is 59.3 Å². The lowest BCUT2D eigenvalue weighted by molar-refractivity contribution is -0.204. The maximum Gasteiger partial charge on any atom is 0.344 e. The van der Waals surface area contributed by atoms with Gasteiger partial charge in [0.15, 0.2) is 6.61 Å². The van der Waals surface area contributed by atoms with Crippen molar-refractivity contribution < 1.29 is 19.1 Å². The monoisotopic (exact) mass is 334 g/mol. The summed E-state index contributed by atoms with van der Waals surface area (Å²) >= 11 is 0. The minimum Gasteiger partial charge on any atom is -0.456 e. The fraction of sp³-hybridized carbons (Fsp3) is 0.800. The topological polar surface area (TPSA) is 52.6 Å². The van der Waals surface area contributed by atoms with E-state index < -0.39 is 11.9 Å². The SMILES string of the molecule is C=C(C)C(=O)OCC(=O)OC1(C(C)C)CC2CCC3CC2CC1C3. The summed E-state index contributed by atoms with van der Waals surface area (Å²) in [6, 6.07) is 0. The number of carbonyl (C=O) groups excluding carboxylic acids is 2. The van der Waals surface area contributed by atoms with Crippen molar-refractivity contribution in [1.29, 1.82) is 0 Å². The van der Waals surface area contributed by atoms with Gasteiger partial charge in [0.25, 0.3) is 0 Å². The molecule has 24 heavy (non-hydrogen) atoms. The van der Waals surface area contributed by atoms with E-state index >= 15 is 0 Å². The molecular weight excluding hydrogens is 304 g/mol. The third-order valence-corrected chi connectivity index (χ3v) is 6.68. The maximum atomic E-state index is 12.4. The molecule has 0 radical (unpaired) electrons. The molecule has 3 aliphatic carbocycles. The van der Waals surface area contributed by atoms with E-state index in [1.807, 2.05) is 0 Å². The number of rotatable bonds is 5. The molecule has 4 nitrogen and oxygen atoms in total. The molecule has 3 fully saturated rings. The van der Waals surface area contributed by atoms with Crippen LogP contribution in [0.2, 0.25) is 0 Å². The van der Waals surface area contributed by atoms with Crippen LogP contribution < -0.4 is 0 Å². The highest BCUT2D eigenvalue weighted by atomic mass is 16.6. The number of hydrogen-bond acceptors (Lipinski definition) is 4. The quantitative estimate of drug-likeness (QED) is 0.565. The first-order valence-electron chi connectivity index (χ1n) is 9.36. The Kier molecular flexibility index (Phi) is 4.76. The summed E-state index contributed by atoms with van der Waals surface area (Å²) < 4.78 is 11.0. The molecule has 0 heterocycles. The van der Waals surface area contributed by atoms with Crippen molar-refractivity contribution in [2.75, 3.05) is 6.61 Å². The molecule has 0 aromatic rings. The van der Waals surface area contributed by atoms with Gasteiger partial charge in [0.2, 0.25) is 0 Å². The molecule has 3 rings (SSSR count). The molecule has 3 saturated carbocycles. The summed E-state index contributed by atoms with van der Waals surface area (Å²) in [6.45, 7) is 9.11. The fourth-order valence-corrected chi connectivity index (χ4v) is 5.47. The fourth-order valence-electron chi connectivity index (χ4n) is 5.47. The van der Waals surface area contributed by atoms with Gasteiger partial charge in [-0.15, -0.1) is 0 Å². The van der Waals surface area contributed by atoms with Crippen LogP contribution in [0.4, 0.5) is 0 Å². The highest BCUT2D eigenvalue weighted by Crippen LogP contribution is 2.58. The van der Waals surface area contributed by atoms with Crippen LogP contribution in [0, 0.1) is 29.6 Å². The van der Waals surface area contributed by atoms with Crippen molar-refractivity contribution in [2.45, 2.75) is 64.9 Å². The molecule has 134 valence electrons. The zero-order valence-electron chi connectivity index (χ0n) is 15.2. The average Bonchev–Trinajstić information content (AvgIpc) is 2.52. The van der Waals surface area contributed by atoms with Crippen LogP contribution in [-0.4, -0.2) is 24.1 Å². The van der Waals surface area contributed by atoms with Gasteiger partial charge in [-0.25, -0.2) is 9.59 Å². The Labute approximate surface area is 145 Å². The van der Waals surface area contributed by atoms with Gasteiger partial charge >= 0.3 is 11.9 Å². The van der Waals surface area contributed by atoms with E-state index in [4.69, 9.17) is 9.47 Å². The predicted molar refractivity (Wildman–Crippen MR) is 91.1 cm³/mol. The van der Waals surface area contributed by atoms with Crippen molar-refractivity contribution in [3.8, 4) is 0 Å². The zero-order chi connectivity index (χ0) is 17.5. The van der Waals surface area contributed by atoms with Crippen LogP contribution in [0.5, 0.6) is 0 Å². The summed E-state index contributed by atoms with van der Waals surface area (Å²) in [5, 5.41) is 0. The molecule has 5 atom stereocenters. The average molecular weight is 334 g/mol. The first kappa shape index (κ1) is 17.5. The molecule has 3 bridgehead atoms. The standard InChI is InChI=1S/C20H30O4/c1-12(2)19(22)23-11-18(21)24-20(13(3)4)10-15-6-5-14-7-16(15)9-17(20)8-14/h13-17H,1,5-11H2,2-4H3. The Morgan fingerprint density at radius 3 is 2.58 bits per heavy atom. The van der Waals surface area contributed by atoms with Gasteiger partial charge in [-0.3, -0.25) is 0 Å². The first-order chi connectivity index (χ1) is 11.3. The molecule has 0 aliphatic heterocycles. The van der Waals surface area contributed by atoms with E-state index in [9.17, 15) is 9.59 Å². The summed E-state index contributed by atoms with van der Waals surface area (Å²) in [6.07, 6.45) is 7.35. The van der Waals surface area contributed by atoms with Gasteiger partial charge in [0.1, 0.15) is 5.60 Å². The van der Waals surface area contributed by atoms with E-state index in [1.54, 1.807) is 6.92 Å². The molecule has 0 aromatic carbocycles. The van der Waals surface area contributed by atoms with E-state index in [2.05, 4.69) is 20.4 Å². The van der Waals surface area contributed by atoms with Crippen LogP contribution in [0.15, 0.2) is 12.2 Å². The van der Waals surface area contributed by atoms with Gasteiger partial charge in [0.05, 0.1) is 0 Å². The van der Waals surface area contributed by atoms with Crippen molar-refractivity contribution in [3.05, 3.63) is 12.2 Å². The molecule has 4 heteroatoms. The van der Waals surface area contributed by atoms with Crippen molar-refractivity contribution >= 4 is 11.9 Å². The molecule has 0 spiro atoms. The van der Waals surface area contributed by atoms with Gasteiger partial charge in [-0.05, 0) is 68.6 Å². The van der Waals surface area contributed by atoms with E-state index in [1.165, 1.54) is 32.1 Å². The minimum absolute atomic E-state index is 0.281. The normalized spacial score (nSPS) is 37.2. The highest BCUT2D eigenvalue weighted by molar-refractivity contribution is 5.88. The zero-order valence-corrected chi connectivity index (χ0v) is 15.2. The number of ether oxygens (including phenoxy) is 2. The summed E-state index contributed by atoms with van der Waals surface area (Å²) in [4.78, 5) is 23.9. The molecule has 5 unspecified atom stereocenters. The Bertz CT molecular complexity index is 536. The molecule has 3 aliphatic rings. The molecule has 0 N–H and O–H groups in total. The van der Waals surface area contributed by atoms with E-state index in [0.29, 0.717) is 17.4 Å². The van der Waals surface area contributed by atoms with Gasteiger partial charge in [-0.1, -0.05) is 26.8 Å². The van der Waals surface area contributed by atoms with Crippen LogP contribution in [0.25, 0.3) is 0 Å². The Morgan fingerprint density at radius 2 is 1.92 bits per heavy atom. The van der Waals surface area contributed by atoms with E-state index in [-0.39, 0.29) is 18.1 Å². The number of fused-ring (bicyclic) bond motifs is 2. The third kappa shape index (κ3) is 3.12. The number of carbonyl (C=O) groups is 2. The molecule has 0 aromatic heterocycles. The minimum atomic E-state index is -0.536. The highest BCUT2D eigenvalue weighted by Gasteiger charge is 2.56. The lowest BCUT2D eigenvalue weighted by Gasteiger charge is -2.58. The lowest BCUT2D eigenvalue weighted by atomic mass is 9.51. The van der Waals surface area contributed by atoms with Gasteiger partial charge < -0.3 is 9.47 Å². The molecule has 0 amide bonds. The van der Waals surface area contributed by atoms with Crippen LogP contribution >= 0.6 is 0 Å². The second kappa shape index (κ2) is 6.53. The smallest absolute Gasteiger partial charge is 0.344 e. The van der Waals surface area contributed by atoms with Crippen molar-refractivity contribution in [2.24, 2.45) is 29.6 Å². The molecular formula is C20H30O4. The summed E-state index contributed by atoms with van der Waals surface area (Å²) in [5.41, 5.74) is -0.0843. The second-order valence-electron chi connectivity index (χ2n) is 8.51. The van der Waals surface area contributed by atoms with E-state index in [0.717, 1.165) is 18.3 Å². The number of esters is 2. The van der Waals surface area contributed by atoms with Crippen molar-refractivity contribution in [3.63, 3.8) is 0 Å². The Morgan fingerprint density at radius 1 is 1.17 bits per heavy atom. The Balaban J connectivity index is 1.71. The second-order valence-corrected chi connectivity index (χ2v) is 8.51. The van der Waals surface area contributed by atoms with Gasteiger partial charge in [0, 0.05) is 5.57 Å². The van der Waals surface area contributed by atoms with Crippen molar-refractivity contribution in [1.82, 2.24) is 0 Å². The summed E-state index contributed by atoms with van der Waals surface area (Å²) in [7, 11) is 0. The number of hydrogen-bond donors (Lipinski definition) is 0. The Hall–Kier alpha value is -1.32.